The predicted molar refractivity (Wildman–Crippen MR) is 158 cm³/mol. The SMILES string of the molecule is C=CCCCC(Cc1ccccc1)C(=O)OC(C)CNC(=O)C(CC=C)CC(=O)NC(CO)Cc1ccccc1. The van der Waals surface area contributed by atoms with Crippen molar-refractivity contribution in [2.45, 2.75) is 64.0 Å². The first-order valence-electron chi connectivity index (χ1n) is 14.0. The summed E-state index contributed by atoms with van der Waals surface area (Å²) in [7, 11) is 0. The van der Waals surface area contributed by atoms with Crippen LogP contribution < -0.4 is 10.6 Å². The molecule has 0 heterocycles. The third-order valence-corrected chi connectivity index (χ3v) is 6.66. The lowest BCUT2D eigenvalue weighted by Gasteiger charge is -2.22. The Morgan fingerprint density at radius 2 is 1.55 bits per heavy atom. The first-order valence-corrected chi connectivity index (χ1v) is 14.0. The summed E-state index contributed by atoms with van der Waals surface area (Å²) in [4.78, 5) is 38.6. The molecule has 0 bridgehead atoms. The van der Waals surface area contributed by atoms with Crippen LogP contribution in [0.3, 0.4) is 0 Å². The number of hydrogen-bond acceptors (Lipinski definition) is 5. The number of nitrogens with one attached hydrogen (secondary N) is 2. The van der Waals surface area contributed by atoms with Gasteiger partial charge in [-0.2, -0.15) is 0 Å². The number of allylic oxidation sites excluding steroid dienone is 2. The van der Waals surface area contributed by atoms with E-state index in [0.717, 1.165) is 24.0 Å². The number of benzene rings is 2. The van der Waals surface area contributed by atoms with Crippen molar-refractivity contribution >= 4 is 17.8 Å². The fourth-order valence-corrected chi connectivity index (χ4v) is 4.49. The molecule has 0 spiro atoms. The predicted octanol–water partition coefficient (Wildman–Crippen LogP) is 4.55. The molecule has 0 saturated heterocycles. The summed E-state index contributed by atoms with van der Waals surface area (Å²) in [5.74, 6) is -1.83. The zero-order chi connectivity index (χ0) is 29.2. The molecule has 0 aliphatic carbocycles. The number of esters is 1. The van der Waals surface area contributed by atoms with Crippen molar-refractivity contribution in [3.8, 4) is 0 Å². The summed E-state index contributed by atoms with van der Waals surface area (Å²) in [5, 5.41) is 15.4. The smallest absolute Gasteiger partial charge is 0.309 e. The zero-order valence-corrected chi connectivity index (χ0v) is 23.6. The number of aliphatic hydroxyl groups is 1. The average molecular weight is 549 g/mol. The Kier molecular flexibility index (Phi) is 15.1. The quantitative estimate of drug-likeness (QED) is 0.136. The van der Waals surface area contributed by atoms with Crippen molar-refractivity contribution in [1.29, 1.82) is 0 Å². The molecule has 2 rings (SSSR count). The van der Waals surface area contributed by atoms with Crippen LogP contribution in [-0.4, -0.2) is 48.2 Å². The molecule has 0 aliphatic heterocycles. The highest BCUT2D eigenvalue weighted by Gasteiger charge is 2.25. The Morgan fingerprint density at radius 3 is 2.12 bits per heavy atom. The summed E-state index contributed by atoms with van der Waals surface area (Å²) in [6.45, 7) is 9.14. The van der Waals surface area contributed by atoms with Crippen LogP contribution in [0.2, 0.25) is 0 Å². The molecule has 7 heteroatoms. The Balaban J connectivity index is 1.87. The Bertz CT molecular complexity index is 1060. The first-order chi connectivity index (χ1) is 19.4. The number of rotatable bonds is 19. The second-order valence-corrected chi connectivity index (χ2v) is 10.2. The van der Waals surface area contributed by atoms with Gasteiger partial charge in [-0.1, -0.05) is 72.8 Å². The van der Waals surface area contributed by atoms with Gasteiger partial charge in [-0.15, -0.1) is 13.2 Å². The van der Waals surface area contributed by atoms with Crippen LogP contribution in [0.5, 0.6) is 0 Å². The van der Waals surface area contributed by atoms with Crippen LogP contribution in [0.25, 0.3) is 0 Å². The van der Waals surface area contributed by atoms with Crippen molar-refractivity contribution in [2.75, 3.05) is 13.2 Å². The minimum atomic E-state index is -0.624. The van der Waals surface area contributed by atoms with Gasteiger partial charge < -0.3 is 20.5 Å². The van der Waals surface area contributed by atoms with Gasteiger partial charge in [0.2, 0.25) is 11.8 Å². The molecule has 3 N–H and O–H groups in total. The van der Waals surface area contributed by atoms with E-state index in [4.69, 9.17) is 4.74 Å². The van der Waals surface area contributed by atoms with Gasteiger partial charge in [0.15, 0.2) is 0 Å². The summed E-state index contributed by atoms with van der Waals surface area (Å²) in [6.07, 6.45) is 6.63. The third kappa shape index (κ3) is 12.4. The Morgan fingerprint density at radius 1 is 0.925 bits per heavy atom. The maximum absolute atomic E-state index is 13.0. The van der Waals surface area contributed by atoms with Crippen LogP contribution >= 0.6 is 0 Å². The van der Waals surface area contributed by atoms with Crippen molar-refractivity contribution in [3.05, 3.63) is 97.1 Å². The highest BCUT2D eigenvalue weighted by atomic mass is 16.5. The van der Waals surface area contributed by atoms with E-state index in [1.165, 1.54) is 0 Å². The standard InChI is InChI=1S/C33H44N2O5/c1-4-6-9-19-29(20-26-15-10-7-11-16-26)33(39)40-25(3)23-34-32(38)28(14-5-2)22-31(37)35-30(24-36)21-27-17-12-8-13-18-27/h4-5,7-8,10-13,15-18,25,28-30,36H,1-2,6,9,14,19-24H2,3H3,(H,34,38)(H,35,37). The Hall–Kier alpha value is -3.71. The molecule has 0 aliphatic rings. The maximum atomic E-state index is 13.0. The number of aliphatic hydroxyl groups excluding tert-OH is 1. The molecule has 40 heavy (non-hydrogen) atoms. The maximum Gasteiger partial charge on any atom is 0.309 e. The molecule has 4 atom stereocenters. The molecule has 2 aromatic carbocycles. The zero-order valence-electron chi connectivity index (χ0n) is 23.6. The van der Waals surface area contributed by atoms with E-state index in [-0.39, 0.29) is 43.3 Å². The number of ether oxygens (including phenoxy) is 1. The second kappa shape index (κ2) is 18.6. The van der Waals surface area contributed by atoms with Crippen molar-refractivity contribution < 1.29 is 24.2 Å². The molecule has 4 unspecified atom stereocenters. The fraction of sp³-hybridized carbons (Fsp3) is 0.424. The van der Waals surface area contributed by atoms with Gasteiger partial charge in [0.05, 0.1) is 31.0 Å². The van der Waals surface area contributed by atoms with E-state index in [1.54, 1.807) is 13.0 Å². The third-order valence-electron chi connectivity index (χ3n) is 6.66. The van der Waals surface area contributed by atoms with Crippen molar-refractivity contribution in [3.63, 3.8) is 0 Å². The first kappa shape index (κ1) is 32.5. The fourth-order valence-electron chi connectivity index (χ4n) is 4.49. The molecule has 0 fully saturated rings. The van der Waals surface area contributed by atoms with Crippen molar-refractivity contribution in [2.24, 2.45) is 11.8 Å². The normalized spacial score (nSPS) is 13.8. The summed E-state index contributed by atoms with van der Waals surface area (Å²) >= 11 is 0. The number of hydrogen-bond donors (Lipinski definition) is 3. The lowest BCUT2D eigenvalue weighted by atomic mass is 9.94. The number of carbonyl (C=O) groups excluding carboxylic acids is 3. The van der Waals surface area contributed by atoms with Crippen LogP contribution in [0.1, 0.15) is 50.2 Å². The van der Waals surface area contributed by atoms with Gasteiger partial charge >= 0.3 is 5.97 Å². The van der Waals surface area contributed by atoms with E-state index >= 15 is 0 Å². The topological polar surface area (TPSA) is 105 Å². The van der Waals surface area contributed by atoms with Gasteiger partial charge in [-0.05, 0) is 56.6 Å². The van der Waals surface area contributed by atoms with E-state index < -0.39 is 18.1 Å². The van der Waals surface area contributed by atoms with E-state index in [2.05, 4.69) is 23.8 Å². The number of carbonyl (C=O) groups is 3. The van der Waals surface area contributed by atoms with E-state index in [9.17, 15) is 19.5 Å². The van der Waals surface area contributed by atoms with Gasteiger partial charge in [0.25, 0.3) is 0 Å². The minimum Gasteiger partial charge on any atom is -0.461 e. The molecule has 7 nitrogen and oxygen atoms in total. The number of unbranched alkanes of at least 4 members (excludes halogenated alkanes) is 1. The van der Waals surface area contributed by atoms with Crippen LogP contribution in [-0.2, 0) is 32.0 Å². The van der Waals surface area contributed by atoms with Gasteiger partial charge in [0.1, 0.15) is 6.10 Å². The van der Waals surface area contributed by atoms with Crippen molar-refractivity contribution in [1.82, 2.24) is 10.6 Å². The van der Waals surface area contributed by atoms with E-state index in [1.807, 2.05) is 66.7 Å². The van der Waals surface area contributed by atoms with Gasteiger partial charge in [-0.25, -0.2) is 0 Å². The number of amides is 2. The second-order valence-electron chi connectivity index (χ2n) is 10.2. The van der Waals surface area contributed by atoms with Crippen LogP contribution in [0, 0.1) is 11.8 Å². The largest absolute Gasteiger partial charge is 0.461 e. The summed E-state index contributed by atoms with van der Waals surface area (Å²) in [6, 6.07) is 19.0. The monoisotopic (exact) mass is 548 g/mol. The summed E-state index contributed by atoms with van der Waals surface area (Å²) < 4.78 is 5.70. The molecule has 0 aromatic heterocycles. The molecule has 2 aromatic rings. The molecule has 2 amide bonds. The highest BCUT2D eigenvalue weighted by Crippen LogP contribution is 2.18. The lowest BCUT2D eigenvalue weighted by molar-refractivity contribution is -0.153. The van der Waals surface area contributed by atoms with Gasteiger partial charge in [-0.3, -0.25) is 14.4 Å². The van der Waals surface area contributed by atoms with E-state index in [0.29, 0.717) is 25.7 Å². The minimum absolute atomic E-state index is 0.0419. The molecule has 0 radical (unpaired) electrons. The Labute approximate surface area is 238 Å². The van der Waals surface area contributed by atoms with Crippen LogP contribution in [0.4, 0.5) is 0 Å². The summed E-state index contributed by atoms with van der Waals surface area (Å²) in [5.41, 5.74) is 2.07. The van der Waals surface area contributed by atoms with Gasteiger partial charge in [0, 0.05) is 6.42 Å². The average Bonchev–Trinajstić information content (AvgIpc) is 2.96. The molecule has 216 valence electrons. The molecule has 0 saturated carbocycles. The molecular formula is C33H44N2O5. The lowest BCUT2D eigenvalue weighted by Crippen LogP contribution is -2.42. The molecular weight excluding hydrogens is 504 g/mol. The highest BCUT2D eigenvalue weighted by molar-refractivity contribution is 5.86. The van der Waals surface area contributed by atoms with Crippen LogP contribution in [0.15, 0.2) is 86.0 Å².